The lowest BCUT2D eigenvalue weighted by Gasteiger charge is -2.43. The van der Waals surface area contributed by atoms with Crippen molar-refractivity contribution in [3.8, 4) is 0 Å². The van der Waals surface area contributed by atoms with Gasteiger partial charge in [-0.15, -0.1) is 0 Å². The highest BCUT2D eigenvalue weighted by molar-refractivity contribution is 5.79. The number of ether oxygens (including phenoxy) is 1. The van der Waals surface area contributed by atoms with E-state index in [0.29, 0.717) is 37.6 Å². The van der Waals surface area contributed by atoms with E-state index in [2.05, 4.69) is 36.6 Å². The Kier molecular flexibility index (Phi) is 11.0. The molecule has 3 atom stereocenters. The van der Waals surface area contributed by atoms with Crippen LogP contribution in [0.2, 0.25) is 0 Å². The third-order valence-corrected chi connectivity index (χ3v) is 7.50. The van der Waals surface area contributed by atoms with Crippen LogP contribution < -0.4 is 10.6 Å². The summed E-state index contributed by atoms with van der Waals surface area (Å²) in [6, 6.07) is 10.5. The molecule has 1 aliphatic rings. The van der Waals surface area contributed by atoms with Crippen LogP contribution in [0.3, 0.4) is 0 Å². The van der Waals surface area contributed by atoms with Crippen LogP contribution in [0.5, 0.6) is 0 Å². The van der Waals surface area contributed by atoms with Crippen molar-refractivity contribution in [2.24, 2.45) is 0 Å². The third kappa shape index (κ3) is 9.58. The second-order valence-electron chi connectivity index (χ2n) is 12.4. The van der Waals surface area contributed by atoms with Crippen molar-refractivity contribution < 1.29 is 28.2 Å². The number of hydrogen-bond acceptors (Lipinski definition) is 5. The van der Waals surface area contributed by atoms with Crippen LogP contribution in [-0.2, 0) is 26.3 Å². The van der Waals surface area contributed by atoms with Crippen LogP contribution in [0.15, 0.2) is 42.5 Å². The molecule has 226 valence electrons. The molecule has 9 heteroatoms. The monoisotopic (exact) mass is 573 g/mol. The maximum Gasteiger partial charge on any atom is 0.224 e. The number of aliphatic hydroxyl groups excluding tert-OH is 1. The Morgan fingerprint density at radius 2 is 1.83 bits per heavy atom. The minimum atomic E-state index is -1.09. The summed E-state index contributed by atoms with van der Waals surface area (Å²) in [4.78, 5) is 27.2. The Labute approximate surface area is 242 Å². The van der Waals surface area contributed by atoms with Gasteiger partial charge in [0.05, 0.1) is 29.9 Å². The van der Waals surface area contributed by atoms with E-state index in [1.54, 1.807) is 0 Å². The van der Waals surface area contributed by atoms with Gasteiger partial charge in [-0.3, -0.25) is 9.59 Å². The van der Waals surface area contributed by atoms with Crippen molar-refractivity contribution in [3.63, 3.8) is 0 Å². The first-order chi connectivity index (χ1) is 19.2. The summed E-state index contributed by atoms with van der Waals surface area (Å²) in [6.07, 6.45) is -0.254. The van der Waals surface area contributed by atoms with Gasteiger partial charge in [-0.2, -0.15) is 0 Å². The van der Waals surface area contributed by atoms with E-state index in [-0.39, 0.29) is 36.8 Å². The summed E-state index contributed by atoms with van der Waals surface area (Å²) in [5, 5.41) is 17.4. The topological polar surface area (TPSA) is 90.9 Å². The predicted octanol–water partition coefficient (Wildman–Crippen LogP) is 4.42. The number of amides is 2. The molecule has 0 aromatic heterocycles. The van der Waals surface area contributed by atoms with Crippen LogP contribution in [0, 0.1) is 11.6 Å². The van der Waals surface area contributed by atoms with Gasteiger partial charge in [0.25, 0.3) is 0 Å². The quantitative estimate of drug-likeness (QED) is 0.350. The summed E-state index contributed by atoms with van der Waals surface area (Å²) in [5.74, 6) is -1.54. The molecule has 0 spiro atoms. The van der Waals surface area contributed by atoms with E-state index in [9.17, 15) is 23.5 Å². The molecule has 1 fully saturated rings. The lowest BCUT2D eigenvalue weighted by molar-refractivity contribution is -0.138. The Morgan fingerprint density at radius 3 is 2.41 bits per heavy atom. The molecule has 2 amide bonds. The summed E-state index contributed by atoms with van der Waals surface area (Å²) < 4.78 is 33.5. The largest absolute Gasteiger partial charge is 0.390 e. The lowest BCUT2D eigenvalue weighted by Crippen LogP contribution is -2.57. The number of benzene rings is 2. The first kappa shape index (κ1) is 32.6. The number of nitrogens with zero attached hydrogens (tertiary/aromatic N) is 1. The molecule has 1 aliphatic heterocycles. The average Bonchev–Trinajstić information content (AvgIpc) is 2.86. The highest BCUT2D eigenvalue weighted by Gasteiger charge is 2.41. The molecule has 0 saturated carbocycles. The maximum atomic E-state index is 13.8. The first-order valence-electron chi connectivity index (χ1n) is 14.3. The van der Waals surface area contributed by atoms with Crippen LogP contribution in [0.1, 0.15) is 77.0 Å². The first-order valence-corrected chi connectivity index (χ1v) is 14.3. The third-order valence-electron chi connectivity index (χ3n) is 7.50. The summed E-state index contributed by atoms with van der Waals surface area (Å²) >= 11 is 0. The standard InChI is InChI=1S/C32H45F2N3O4/c1-21(2)24-8-7-9-25(17-24)32(10-11-37(30(40)19-32)12-13-41-31(4,5)6)35-20-29(39)28(36-22(3)38)16-23-14-26(33)18-27(34)15-23/h7-9,14-15,17-18,21,28-29,35,39H,10-13,16,19-20H2,1-6H3,(H,36,38)/t28-,29-,32?/m0/s1. The molecular weight excluding hydrogens is 528 g/mol. The van der Waals surface area contributed by atoms with Crippen molar-refractivity contribution in [1.29, 1.82) is 0 Å². The molecule has 0 bridgehead atoms. The van der Waals surface area contributed by atoms with Crippen LogP contribution >= 0.6 is 0 Å². The number of carbonyl (C=O) groups is 2. The molecule has 2 aromatic rings. The fourth-order valence-corrected chi connectivity index (χ4v) is 5.27. The molecule has 0 aliphatic carbocycles. The highest BCUT2D eigenvalue weighted by Crippen LogP contribution is 2.35. The second-order valence-corrected chi connectivity index (χ2v) is 12.4. The average molecular weight is 574 g/mol. The van der Waals surface area contributed by atoms with E-state index < -0.39 is 29.3 Å². The fraction of sp³-hybridized carbons (Fsp3) is 0.562. The van der Waals surface area contributed by atoms with E-state index in [1.807, 2.05) is 37.8 Å². The van der Waals surface area contributed by atoms with E-state index in [1.165, 1.54) is 19.1 Å². The minimum absolute atomic E-state index is 0.0145. The molecule has 3 N–H and O–H groups in total. The smallest absolute Gasteiger partial charge is 0.224 e. The highest BCUT2D eigenvalue weighted by atomic mass is 19.1. The van der Waals surface area contributed by atoms with Gasteiger partial charge in [0.1, 0.15) is 11.6 Å². The van der Waals surface area contributed by atoms with Crippen LogP contribution in [0.25, 0.3) is 0 Å². The van der Waals surface area contributed by atoms with E-state index in [0.717, 1.165) is 17.2 Å². The zero-order valence-electron chi connectivity index (χ0n) is 25.1. The van der Waals surface area contributed by atoms with Crippen molar-refractivity contribution in [2.75, 3.05) is 26.2 Å². The van der Waals surface area contributed by atoms with Crippen molar-refractivity contribution >= 4 is 11.8 Å². The van der Waals surface area contributed by atoms with Gasteiger partial charge in [-0.05, 0) is 68.4 Å². The van der Waals surface area contributed by atoms with Gasteiger partial charge in [-0.1, -0.05) is 38.1 Å². The molecule has 3 rings (SSSR count). The number of aliphatic hydroxyl groups is 1. The molecule has 7 nitrogen and oxygen atoms in total. The SMILES string of the molecule is CC(=O)N[C@@H](Cc1cc(F)cc(F)c1)[C@@H](O)CNC1(c2cccc(C(C)C)c2)CCN(CCOC(C)(C)C)C(=O)C1. The summed E-state index contributed by atoms with van der Waals surface area (Å²) in [5.41, 5.74) is 1.38. The molecule has 1 unspecified atom stereocenters. The normalized spacial score (nSPS) is 19.4. The van der Waals surface area contributed by atoms with Gasteiger partial charge in [-0.25, -0.2) is 8.78 Å². The summed E-state index contributed by atoms with van der Waals surface area (Å²) in [6.45, 7) is 13.0. The van der Waals surface area contributed by atoms with Crippen molar-refractivity contribution in [3.05, 3.63) is 70.8 Å². The molecular formula is C32H45F2N3O4. The number of halogens is 2. The van der Waals surface area contributed by atoms with Gasteiger partial charge in [0.15, 0.2) is 0 Å². The van der Waals surface area contributed by atoms with Crippen molar-refractivity contribution in [2.45, 2.75) is 90.0 Å². The zero-order chi connectivity index (χ0) is 30.4. The Hall–Kier alpha value is -2.88. The van der Waals surface area contributed by atoms with Gasteiger partial charge in [0, 0.05) is 39.0 Å². The Balaban J connectivity index is 1.82. The number of likely N-dealkylation sites (tertiary alicyclic amines) is 1. The number of piperidine rings is 1. The number of hydrogen-bond donors (Lipinski definition) is 3. The zero-order valence-corrected chi connectivity index (χ0v) is 25.1. The van der Waals surface area contributed by atoms with E-state index in [4.69, 9.17) is 4.74 Å². The minimum Gasteiger partial charge on any atom is -0.390 e. The number of nitrogens with one attached hydrogen (secondary N) is 2. The molecule has 1 heterocycles. The maximum absolute atomic E-state index is 13.8. The number of carbonyl (C=O) groups excluding carboxylic acids is 2. The van der Waals surface area contributed by atoms with Gasteiger partial charge in [0.2, 0.25) is 11.8 Å². The molecule has 2 aromatic carbocycles. The Morgan fingerprint density at radius 1 is 1.15 bits per heavy atom. The molecule has 0 radical (unpaired) electrons. The van der Waals surface area contributed by atoms with Gasteiger partial charge >= 0.3 is 0 Å². The lowest BCUT2D eigenvalue weighted by atomic mass is 9.79. The number of rotatable bonds is 12. The second kappa shape index (κ2) is 13.9. The Bertz CT molecular complexity index is 1180. The molecule has 41 heavy (non-hydrogen) atoms. The predicted molar refractivity (Wildman–Crippen MR) is 155 cm³/mol. The van der Waals surface area contributed by atoms with Gasteiger partial charge < -0.3 is 25.4 Å². The van der Waals surface area contributed by atoms with E-state index >= 15 is 0 Å². The van der Waals surface area contributed by atoms with Crippen LogP contribution in [-0.4, -0.2) is 65.8 Å². The fourth-order valence-electron chi connectivity index (χ4n) is 5.27. The molecule has 1 saturated heterocycles. The van der Waals surface area contributed by atoms with Crippen molar-refractivity contribution in [1.82, 2.24) is 15.5 Å². The van der Waals surface area contributed by atoms with Crippen LogP contribution in [0.4, 0.5) is 8.78 Å². The summed E-state index contributed by atoms with van der Waals surface area (Å²) in [7, 11) is 0.